The van der Waals surface area contributed by atoms with E-state index < -0.39 is 0 Å². The Kier molecular flexibility index (Phi) is 7.03. The SMILES string of the molecule is Cc1nc2ccccc2c(C)c1CC(=O)NCC(CC(C)C)N1CCOCC1. The van der Waals surface area contributed by atoms with Crippen LogP contribution in [-0.2, 0) is 16.0 Å². The van der Waals surface area contributed by atoms with Gasteiger partial charge < -0.3 is 10.1 Å². The summed E-state index contributed by atoms with van der Waals surface area (Å²) in [4.78, 5) is 19.9. The third-order valence-corrected chi connectivity index (χ3v) is 5.66. The summed E-state index contributed by atoms with van der Waals surface area (Å²) in [5.41, 5.74) is 4.14. The minimum Gasteiger partial charge on any atom is -0.379 e. The second-order valence-corrected chi connectivity index (χ2v) is 8.23. The van der Waals surface area contributed by atoms with Crippen molar-refractivity contribution in [1.29, 1.82) is 0 Å². The molecule has 0 aliphatic carbocycles. The average Bonchev–Trinajstić information content (AvgIpc) is 2.69. The van der Waals surface area contributed by atoms with E-state index in [0.29, 0.717) is 24.9 Å². The number of fused-ring (bicyclic) bond motifs is 1. The van der Waals surface area contributed by atoms with Gasteiger partial charge in [-0.3, -0.25) is 14.7 Å². The molecule has 152 valence electrons. The number of pyridine rings is 1. The second-order valence-electron chi connectivity index (χ2n) is 8.23. The third-order valence-electron chi connectivity index (χ3n) is 5.66. The molecule has 5 heteroatoms. The Bertz CT molecular complexity index is 813. The molecule has 2 heterocycles. The van der Waals surface area contributed by atoms with Gasteiger partial charge in [0.2, 0.25) is 5.91 Å². The zero-order valence-electron chi connectivity index (χ0n) is 17.6. The predicted molar refractivity (Wildman–Crippen MR) is 114 cm³/mol. The molecule has 1 N–H and O–H groups in total. The molecule has 5 nitrogen and oxygen atoms in total. The van der Waals surface area contributed by atoms with Crippen LogP contribution in [0.2, 0.25) is 0 Å². The molecule has 1 amide bonds. The fourth-order valence-corrected chi connectivity index (χ4v) is 4.13. The standard InChI is InChI=1S/C23H33N3O2/c1-16(2)13-19(26-9-11-28-12-10-26)15-24-23(27)14-21-17(3)20-7-5-6-8-22(20)25-18(21)4/h5-8,16,19H,9-15H2,1-4H3,(H,24,27). The summed E-state index contributed by atoms with van der Waals surface area (Å²) >= 11 is 0. The fourth-order valence-electron chi connectivity index (χ4n) is 4.13. The van der Waals surface area contributed by atoms with Crippen LogP contribution in [0.5, 0.6) is 0 Å². The first-order chi connectivity index (χ1) is 13.5. The number of hydrogen-bond donors (Lipinski definition) is 1. The van der Waals surface area contributed by atoms with Crippen molar-refractivity contribution in [2.24, 2.45) is 5.92 Å². The number of aromatic nitrogens is 1. The molecule has 0 bridgehead atoms. The van der Waals surface area contributed by atoms with Gasteiger partial charge >= 0.3 is 0 Å². The van der Waals surface area contributed by atoms with Crippen molar-refractivity contribution in [2.45, 2.75) is 46.6 Å². The topological polar surface area (TPSA) is 54.5 Å². The number of amides is 1. The van der Waals surface area contributed by atoms with Crippen molar-refractivity contribution in [3.63, 3.8) is 0 Å². The van der Waals surface area contributed by atoms with E-state index in [4.69, 9.17) is 9.72 Å². The molecule has 1 aliphatic rings. The Morgan fingerprint density at radius 2 is 1.93 bits per heavy atom. The van der Waals surface area contributed by atoms with E-state index in [0.717, 1.165) is 60.4 Å². The maximum atomic E-state index is 12.7. The Hall–Kier alpha value is -1.98. The highest BCUT2D eigenvalue weighted by atomic mass is 16.5. The van der Waals surface area contributed by atoms with Crippen molar-refractivity contribution < 1.29 is 9.53 Å². The van der Waals surface area contributed by atoms with E-state index in [1.165, 1.54) is 0 Å². The van der Waals surface area contributed by atoms with Gasteiger partial charge in [0.1, 0.15) is 0 Å². The van der Waals surface area contributed by atoms with Crippen LogP contribution < -0.4 is 5.32 Å². The number of rotatable bonds is 7. The van der Waals surface area contributed by atoms with Crippen molar-refractivity contribution in [3.05, 3.63) is 41.1 Å². The first-order valence-corrected chi connectivity index (χ1v) is 10.4. The number of hydrogen-bond acceptors (Lipinski definition) is 4. The van der Waals surface area contributed by atoms with Crippen molar-refractivity contribution in [1.82, 2.24) is 15.2 Å². The summed E-state index contributed by atoms with van der Waals surface area (Å²) < 4.78 is 5.48. The van der Waals surface area contributed by atoms with Gasteiger partial charge in [-0.2, -0.15) is 0 Å². The molecule has 1 atom stereocenters. The van der Waals surface area contributed by atoms with Crippen LogP contribution in [0.25, 0.3) is 10.9 Å². The second kappa shape index (κ2) is 9.48. The minimum absolute atomic E-state index is 0.0743. The predicted octanol–water partition coefficient (Wildman–Crippen LogP) is 3.26. The molecule has 2 aromatic rings. The normalized spacial score (nSPS) is 16.5. The third kappa shape index (κ3) is 5.09. The lowest BCUT2D eigenvalue weighted by molar-refractivity contribution is -0.120. The molecule has 1 fully saturated rings. The number of ether oxygens (including phenoxy) is 1. The van der Waals surface area contributed by atoms with E-state index in [-0.39, 0.29) is 5.91 Å². The molecule has 28 heavy (non-hydrogen) atoms. The average molecular weight is 384 g/mol. The molecule has 1 saturated heterocycles. The highest BCUT2D eigenvalue weighted by molar-refractivity contribution is 5.86. The molecule has 0 radical (unpaired) electrons. The Balaban J connectivity index is 1.66. The van der Waals surface area contributed by atoms with Gasteiger partial charge in [-0.1, -0.05) is 32.0 Å². The molecule has 3 rings (SSSR count). The lowest BCUT2D eigenvalue weighted by Crippen LogP contribution is -2.49. The largest absolute Gasteiger partial charge is 0.379 e. The van der Waals surface area contributed by atoms with E-state index in [1.54, 1.807) is 0 Å². The fraction of sp³-hybridized carbons (Fsp3) is 0.565. The van der Waals surface area contributed by atoms with Crippen LogP contribution in [0, 0.1) is 19.8 Å². The van der Waals surface area contributed by atoms with Crippen molar-refractivity contribution in [2.75, 3.05) is 32.8 Å². The van der Waals surface area contributed by atoms with E-state index in [9.17, 15) is 4.79 Å². The number of morpholine rings is 1. The number of nitrogens with one attached hydrogen (secondary N) is 1. The highest BCUT2D eigenvalue weighted by Gasteiger charge is 2.23. The number of benzene rings is 1. The van der Waals surface area contributed by atoms with Crippen LogP contribution in [0.3, 0.4) is 0 Å². The van der Waals surface area contributed by atoms with Crippen molar-refractivity contribution >= 4 is 16.8 Å². The van der Waals surface area contributed by atoms with Crippen LogP contribution in [0.4, 0.5) is 0 Å². The van der Waals surface area contributed by atoms with Gasteiger partial charge in [0, 0.05) is 36.8 Å². The maximum Gasteiger partial charge on any atom is 0.224 e. The maximum absolute atomic E-state index is 12.7. The lowest BCUT2D eigenvalue weighted by atomic mass is 9.99. The van der Waals surface area contributed by atoms with Crippen LogP contribution in [0.15, 0.2) is 24.3 Å². The van der Waals surface area contributed by atoms with Crippen LogP contribution in [-0.4, -0.2) is 54.7 Å². The summed E-state index contributed by atoms with van der Waals surface area (Å²) in [5, 5.41) is 4.31. The van der Waals surface area contributed by atoms with E-state index in [1.807, 2.05) is 25.1 Å². The van der Waals surface area contributed by atoms with Crippen LogP contribution >= 0.6 is 0 Å². The van der Waals surface area contributed by atoms with Gasteiger partial charge in [-0.15, -0.1) is 0 Å². The first kappa shape index (κ1) is 20.7. The molecule has 0 spiro atoms. The molecule has 1 unspecified atom stereocenters. The number of carbonyl (C=O) groups excluding carboxylic acids is 1. The van der Waals surface area contributed by atoms with Crippen LogP contribution in [0.1, 0.15) is 37.1 Å². The Morgan fingerprint density at radius 1 is 1.21 bits per heavy atom. The minimum atomic E-state index is 0.0743. The molecular weight excluding hydrogens is 350 g/mol. The van der Waals surface area contributed by atoms with E-state index in [2.05, 4.69) is 37.1 Å². The van der Waals surface area contributed by atoms with Gasteiger partial charge in [0.25, 0.3) is 0 Å². The first-order valence-electron chi connectivity index (χ1n) is 10.4. The molecule has 1 aromatic carbocycles. The molecule has 0 saturated carbocycles. The van der Waals surface area contributed by atoms with Gasteiger partial charge in [0.15, 0.2) is 0 Å². The Labute approximate surface area is 168 Å². The zero-order valence-corrected chi connectivity index (χ0v) is 17.6. The van der Waals surface area contributed by atoms with Gasteiger partial charge in [-0.25, -0.2) is 0 Å². The number of para-hydroxylation sites is 1. The number of nitrogens with zero attached hydrogens (tertiary/aromatic N) is 2. The van der Waals surface area contributed by atoms with Crippen molar-refractivity contribution in [3.8, 4) is 0 Å². The summed E-state index contributed by atoms with van der Waals surface area (Å²) in [6.45, 7) is 12.7. The number of carbonyl (C=O) groups is 1. The van der Waals surface area contributed by atoms with Gasteiger partial charge in [0.05, 0.1) is 25.2 Å². The summed E-state index contributed by atoms with van der Waals surface area (Å²) in [6.07, 6.45) is 1.46. The summed E-state index contributed by atoms with van der Waals surface area (Å²) in [7, 11) is 0. The molecular formula is C23H33N3O2. The smallest absolute Gasteiger partial charge is 0.224 e. The zero-order chi connectivity index (χ0) is 20.1. The monoisotopic (exact) mass is 383 g/mol. The molecule has 1 aliphatic heterocycles. The Morgan fingerprint density at radius 3 is 2.64 bits per heavy atom. The van der Waals surface area contributed by atoms with Gasteiger partial charge in [-0.05, 0) is 43.4 Å². The summed E-state index contributed by atoms with van der Waals surface area (Å²) in [5.74, 6) is 0.671. The quantitative estimate of drug-likeness (QED) is 0.797. The summed E-state index contributed by atoms with van der Waals surface area (Å²) in [6, 6.07) is 8.49. The van der Waals surface area contributed by atoms with E-state index >= 15 is 0 Å². The highest BCUT2D eigenvalue weighted by Crippen LogP contribution is 2.23. The molecule has 1 aromatic heterocycles. The lowest BCUT2D eigenvalue weighted by Gasteiger charge is -2.35. The number of aryl methyl sites for hydroxylation is 2.